The van der Waals surface area contributed by atoms with Crippen LogP contribution in [0.4, 0.5) is 14.9 Å². The minimum atomic E-state index is -0.462. The van der Waals surface area contributed by atoms with Crippen molar-refractivity contribution >= 4 is 52.2 Å². The number of hydrogen-bond acceptors (Lipinski definition) is 4. The molecule has 3 aromatic rings. The second-order valence-electron chi connectivity index (χ2n) is 7.78. The molecule has 0 saturated carbocycles. The highest BCUT2D eigenvalue weighted by molar-refractivity contribution is 7.09. The number of amides is 3. The van der Waals surface area contributed by atoms with E-state index in [4.69, 9.17) is 27.9 Å². The normalized spacial score (nSPS) is 10.7. The second kappa shape index (κ2) is 13.4. The fraction of sp³-hybridized carbons (Fsp3) is 0.280. The third-order valence-corrected chi connectivity index (χ3v) is 6.54. The number of nitrogens with one attached hydrogen (secondary N) is 1. The lowest BCUT2D eigenvalue weighted by molar-refractivity contribution is -0.133. The van der Waals surface area contributed by atoms with Crippen molar-refractivity contribution in [1.29, 1.82) is 0 Å². The minimum absolute atomic E-state index is 0.146. The maximum Gasteiger partial charge on any atom is 0.322 e. The Labute approximate surface area is 218 Å². The standard InChI is InChI=1S/C25H26Cl2FN3O3S/c1-34-12-3-11-30(25(33)29-23-10-7-19(26)14-22(23)27)17-24(32)31(16-21-4-2-13-35-21)15-18-5-8-20(28)9-6-18/h2,4-10,13-14H,3,11-12,15-17H2,1H3,(H,29,33). The summed E-state index contributed by atoms with van der Waals surface area (Å²) in [7, 11) is 1.58. The number of methoxy groups -OCH3 is 1. The summed E-state index contributed by atoms with van der Waals surface area (Å²) in [5.74, 6) is -0.579. The fourth-order valence-corrected chi connectivity index (χ4v) is 4.51. The van der Waals surface area contributed by atoms with E-state index in [1.165, 1.54) is 34.4 Å². The van der Waals surface area contributed by atoms with Gasteiger partial charge in [-0.05, 0) is 53.8 Å². The summed E-state index contributed by atoms with van der Waals surface area (Å²) in [6.07, 6.45) is 0.550. The molecule has 0 radical (unpaired) electrons. The van der Waals surface area contributed by atoms with E-state index in [1.807, 2.05) is 17.5 Å². The largest absolute Gasteiger partial charge is 0.385 e. The summed E-state index contributed by atoms with van der Waals surface area (Å²) in [5.41, 5.74) is 1.19. The van der Waals surface area contributed by atoms with E-state index < -0.39 is 6.03 Å². The van der Waals surface area contributed by atoms with Crippen molar-refractivity contribution in [2.75, 3.05) is 32.1 Å². The molecular weight excluding hydrogens is 512 g/mol. The van der Waals surface area contributed by atoms with Gasteiger partial charge in [-0.1, -0.05) is 41.4 Å². The Bertz CT molecular complexity index is 1110. The van der Waals surface area contributed by atoms with Gasteiger partial charge >= 0.3 is 6.03 Å². The first-order chi connectivity index (χ1) is 16.9. The highest BCUT2D eigenvalue weighted by atomic mass is 35.5. The van der Waals surface area contributed by atoms with Crippen molar-refractivity contribution in [3.8, 4) is 0 Å². The van der Waals surface area contributed by atoms with E-state index in [9.17, 15) is 14.0 Å². The van der Waals surface area contributed by atoms with Crippen molar-refractivity contribution in [3.63, 3.8) is 0 Å². The summed E-state index contributed by atoms with van der Waals surface area (Å²) in [5, 5.41) is 5.44. The van der Waals surface area contributed by atoms with Crippen LogP contribution in [0, 0.1) is 5.82 Å². The number of rotatable bonds is 11. The molecule has 0 aliphatic carbocycles. The third kappa shape index (κ3) is 8.50. The molecule has 3 rings (SSSR count). The number of hydrogen-bond donors (Lipinski definition) is 1. The molecule has 0 bridgehead atoms. The van der Waals surface area contributed by atoms with Crippen LogP contribution in [0.2, 0.25) is 10.0 Å². The Morgan fingerprint density at radius 3 is 2.49 bits per heavy atom. The van der Waals surface area contributed by atoms with E-state index in [1.54, 1.807) is 36.3 Å². The smallest absolute Gasteiger partial charge is 0.322 e. The lowest BCUT2D eigenvalue weighted by atomic mass is 10.2. The van der Waals surface area contributed by atoms with Crippen LogP contribution >= 0.6 is 34.5 Å². The Balaban J connectivity index is 1.76. The topological polar surface area (TPSA) is 61.9 Å². The molecule has 1 N–H and O–H groups in total. The van der Waals surface area contributed by atoms with Gasteiger partial charge in [-0.2, -0.15) is 0 Å². The number of carbonyl (C=O) groups is 2. The van der Waals surface area contributed by atoms with Gasteiger partial charge < -0.3 is 19.9 Å². The SMILES string of the molecule is COCCCN(CC(=O)N(Cc1ccc(F)cc1)Cc1cccs1)C(=O)Nc1ccc(Cl)cc1Cl. The molecule has 1 aromatic heterocycles. The van der Waals surface area contributed by atoms with E-state index in [0.29, 0.717) is 41.8 Å². The molecule has 0 unspecified atom stereocenters. The molecule has 186 valence electrons. The minimum Gasteiger partial charge on any atom is -0.385 e. The number of carbonyl (C=O) groups excluding carboxylic acids is 2. The quantitative estimate of drug-likeness (QED) is 0.292. The fourth-order valence-electron chi connectivity index (χ4n) is 3.33. The van der Waals surface area contributed by atoms with E-state index >= 15 is 0 Å². The van der Waals surface area contributed by atoms with Crippen LogP contribution in [-0.4, -0.2) is 48.5 Å². The highest BCUT2D eigenvalue weighted by Gasteiger charge is 2.23. The number of nitrogens with zero attached hydrogens (tertiary/aromatic N) is 2. The van der Waals surface area contributed by atoms with Crippen molar-refractivity contribution in [3.05, 3.63) is 86.3 Å². The van der Waals surface area contributed by atoms with E-state index in [2.05, 4.69) is 5.32 Å². The number of ether oxygens (including phenoxy) is 1. The maximum absolute atomic E-state index is 13.4. The van der Waals surface area contributed by atoms with Gasteiger partial charge in [0.05, 0.1) is 17.3 Å². The molecule has 6 nitrogen and oxygen atoms in total. The second-order valence-corrected chi connectivity index (χ2v) is 9.65. The molecular formula is C25H26Cl2FN3O3S. The molecule has 3 amide bonds. The van der Waals surface area contributed by atoms with Crippen LogP contribution in [0.1, 0.15) is 16.9 Å². The summed E-state index contributed by atoms with van der Waals surface area (Å²) < 4.78 is 18.5. The molecule has 0 spiro atoms. The van der Waals surface area contributed by atoms with Crippen molar-refractivity contribution in [2.24, 2.45) is 0 Å². The van der Waals surface area contributed by atoms with Crippen molar-refractivity contribution < 1.29 is 18.7 Å². The average Bonchev–Trinajstić information content (AvgIpc) is 3.34. The summed E-state index contributed by atoms with van der Waals surface area (Å²) in [6, 6.07) is 14.2. The molecule has 0 fully saturated rings. The predicted molar refractivity (Wildman–Crippen MR) is 139 cm³/mol. The Morgan fingerprint density at radius 2 is 1.83 bits per heavy atom. The zero-order valence-electron chi connectivity index (χ0n) is 19.2. The first-order valence-electron chi connectivity index (χ1n) is 10.9. The molecule has 0 saturated heterocycles. The molecule has 0 aliphatic heterocycles. The van der Waals surface area contributed by atoms with Crippen LogP contribution in [0.15, 0.2) is 60.0 Å². The van der Waals surface area contributed by atoms with Crippen molar-refractivity contribution in [1.82, 2.24) is 9.80 Å². The Hall–Kier alpha value is -2.65. The zero-order chi connectivity index (χ0) is 25.2. The van der Waals surface area contributed by atoms with Gasteiger partial charge in [-0.15, -0.1) is 11.3 Å². The predicted octanol–water partition coefficient (Wildman–Crippen LogP) is 6.29. The molecule has 2 aromatic carbocycles. The number of benzene rings is 2. The molecule has 1 heterocycles. The lowest BCUT2D eigenvalue weighted by Gasteiger charge is -2.28. The van der Waals surface area contributed by atoms with Gasteiger partial charge in [0.15, 0.2) is 0 Å². The molecule has 10 heteroatoms. The third-order valence-electron chi connectivity index (χ3n) is 5.13. The molecule has 0 atom stereocenters. The van der Waals surface area contributed by atoms with Crippen molar-refractivity contribution in [2.45, 2.75) is 19.5 Å². The number of urea groups is 1. The number of anilines is 1. The van der Waals surface area contributed by atoms with Gasteiger partial charge in [-0.25, -0.2) is 9.18 Å². The average molecular weight is 538 g/mol. The van der Waals surface area contributed by atoms with Crippen LogP contribution in [-0.2, 0) is 22.6 Å². The zero-order valence-corrected chi connectivity index (χ0v) is 21.5. The summed E-state index contributed by atoms with van der Waals surface area (Å²) in [6.45, 7) is 1.26. The lowest BCUT2D eigenvalue weighted by Crippen LogP contribution is -2.44. The highest BCUT2D eigenvalue weighted by Crippen LogP contribution is 2.25. The first kappa shape index (κ1) is 26.9. The monoisotopic (exact) mass is 537 g/mol. The Morgan fingerprint density at radius 1 is 1.06 bits per heavy atom. The maximum atomic E-state index is 13.4. The van der Waals surface area contributed by atoms with Gasteiger partial charge in [-0.3, -0.25) is 4.79 Å². The van der Waals surface area contributed by atoms with E-state index in [0.717, 1.165) is 10.4 Å². The summed E-state index contributed by atoms with van der Waals surface area (Å²) in [4.78, 5) is 30.6. The van der Waals surface area contributed by atoms with Gasteiger partial charge in [0.1, 0.15) is 12.4 Å². The van der Waals surface area contributed by atoms with Gasteiger partial charge in [0, 0.05) is 36.7 Å². The van der Waals surface area contributed by atoms with Crippen LogP contribution in [0.5, 0.6) is 0 Å². The van der Waals surface area contributed by atoms with Crippen LogP contribution in [0.25, 0.3) is 0 Å². The van der Waals surface area contributed by atoms with Gasteiger partial charge in [0.25, 0.3) is 0 Å². The molecule has 35 heavy (non-hydrogen) atoms. The van der Waals surface area contributed by atoms with E-state index in [-0.39, 0.29) is 24.8 Å². The first-order valence-corrected chi connectivity index (χ1v) is 12.5. The van der Waals surface area contributed by atoms with Crippen LogP contribution in [0.3, 0.4) is 0 Å². The van der Waals surface area contributed by atoms with Gasteiger partial charge in [0.2, 0.25) is 5.91 Å². The van der Waals surface area contributed by atoms with Crippen LogP contribution < -0.4 is 5.32 Å². The summed E-state index contributed by atoms with van der Waals surface area (Å²) >= 11 is 13.7. The number of thiophene rings is 1. The molecule has 0 aliphatic rings. The Kier molecular flexibility index (Phi) is 10.3. The number of halogens is 3.